The largest absolute Gasteiger partial charge is 0.496 e. The first-order chi connectivity index (χ1) is 9.60. The Hall–Kier alpha value is -2.01. The zero-order valence-electron chi connectivity index (χ0n) is 10.9. The van der Waals surface area contributed by atoms with Crippen molar-refractivity contribution in [2.75, 3.05) is 12.4 Å². The molecule has 0 aliphatic heterocycles. The first-order valence-corrected chi connectivity index (χ1v) is 6.79. The van der Waals surface area contributed by atoms with Crippen molar-refractivity contribution in [2.24, 2.45) is 0 Å². The lowest BCUT2D eigenvalue weighted by molar-refractivity contribution is 0.0697. The second kappa shape index (κ2) is 6.43. The van der Waals surface area contributed by atoms with Crippen molar-refractivity contribution >= 4 is 27.6 Å². The topological polar surface area (TPSA) is 58.6 Å². The fraction of sp³-hybridized carbons (Fsp3) is 0.133. The third kappa shape index (κ3) is 3.51. The number of hydrogen-bond acceptors (Lipinski definition) is 3. The zero-order valence-corrected chi connectivity index (χ0v) is 12.5. The normalized spacial score (nSPS) is 10.1. The average Bonchev–Trinajstić information content (AvgIpc) is 2.45. The van der Waals surface area contributed by atoms with Crippen molar-refractivity contribution in [3.05, 3.63) is 58.1 Å². The first kappa shape index (κ1) is 14.4. The van der Waals surface area contributed by atoms with Crippen LogP contribution in [0, 0.1) is 0 Å². The summed E-state index contributed by atoms with van der Waals surface area (Å²) >= 11 is 3.43. The molecule has 2 aromatic rings. The van der Waals surface area contributed by atoms with Crippen LogP contribution in [0.3, 0.4) is 0 Å². The lowest BCUT2D eigenvalue weighted by atomic mass is 10.1. The molecule has 0 heterocycles. The molecule has 0 unspecified atom stereocenters. The summed E-state index contributed by atoms with van der Waals surface area (Å²) in [7, 11) is 1.63. The molecule has 2 rings (SSSR count). The van der Waals surface area contributed by atoms with E-state index in [1.54, 1.807) is 31.4 Å². The Morgan fingerprint density at radius 3 is 2.55 bits per heavy atom. The van der Waals surface area contributed by atoms with E-state index in [0.29, 0.717) is 6.54 Å². The van der Waals surface area contributed by atoms with Crippen molar-refractivity contribution < 1.29 is 14.6 Å². The van der Waals surface area contributed by atoms with E-state index in [4.69, 9.17) is 9.84 Å². The van der Waals surface area contributed by atoms with Crippen molar-refractivity contribution in [3.63, 3.8) is 0 Å². The molecular weight excluding hydrogens is 322 g/mol. The molecule has 0 radical (unpaired) electrons. The fourth-order valence-corrected chi connectivity index (χ4v) is 2.22. The van der Waals surface area contributed by atoms with Gasteiger partial charge in [-0.2, -0.15) is 0 Å². The molecule has 0 spiro atoms. The maximum atomic E-state index is 10.8. The molecule has 2 aromatic carbocycles. The minimum Gasteiger partial charge on any atom is -0.496 e. The highest BCUT2D eigenvalue weighted by molar-refractivity contribution is 9.10. The highest BCUT2D eigenvalue weighted by Gasteiger charge is 2.05. The number of nitrogens with one attached hydrogen (secondary N) is 1. The summed E-state index contributed by atoms with van der Waals surface area (Å²) in [5.41, 5.74) is 2.15. The lowest BCUT2D eigenvalue weighted by Crippen LogP contribution is -2.02. The Bertz CT molecular complexity index is 611. The second-order valence-electron chi connectivity index (χ2n) is 4.19. The highest BCUT2D eigenvalue weighted by Crippen LogP contribution is 2.24. The monoisotopic (exact) mass is 335 g/mol. The van der Waals surface area contributed by atoms with Crippen LogP contribution in [0.15, 0.2) is 46.9 Å². The molecule has 0 aliphatic carbocycles. The Morgan fingerprint density at radius 2 is 1.95 bits per heavy atom. The Labute approximate surface area is 125 Å². The number of carboxylic acids is 1. The Morgan fingerprint density at radius 1 is 1.25 bits per heavy atom. The number of benzene rings is 2. The molecule has 2 N–H and O–H groups in total. The van der Waals surface area contributed by atoms with Gasteiger partial charge in [0.25, 0.3) is 0 Å². The van der Waals surface area contributed by atoms with Crippen LogP contribution in [0.1, 0.15) is 15.9 Å². The predicted molar refractivity (Wildman–Crippen MR) is 81.4 cm³/mol. The number of hydrogen-bond donors (Lipinski definition) is 2. The number of carbonyl (C=O) groups is 1. The average molecular weight is 336 g/mol. The van der Waals surface area contributed by atoms with E-state index in [0.717, 1.165) is 21.5 Å². The van der Waals surface area contributed by atoms with Crippen LogP contribution in [0.25, 0.3) is 0 Å². The van der Waals surface area contributed by atoms with Gasteiger partial charge in [-0.1, -0.05) is 15.9 Å². The molecule has 0 aromatic heterocycles. The molecule has 0 bridgehead atoms. The number of rotatable bonds is 5. The van der Waals surface area contributed by atoms with E-state index in [-0.39, 0.29) is 5.56 Å². The van der Waals surface area contributed by atoms with E-state index in [1.807, 2.05) is 18.2 Å². The maximum absolute atomic E-state index is 10.8. The van der Waals surface area contributed by atoms with Gasteiger partial charge in [-0.15, -0.1) is 0 Å². The van der Waals surface area contributed by atoms with Gasteiger partial charge >= 0.3 is 5.97 Å². The molecule has 0 saturated carbocycles. The molecular formula is C15H14BrNO3. The minimum atomic E-state index is -0.926. The number of aromatic carboxylic acids is 1. The van der Waals surface area contributed by atoms with Crippen LogP contribution < -0.4 is 10.1 Å². The third-order valence-electron chi connectivity index (χ3n) is 2.86. The van der Waals surface area contributed by atoms with E-state index >= 15 is 0 Å². The van der Waals surface area contributed by atoms with Gasteiger partial charge in [0.2, 0.25) is 0 Å². The Balaban J connectivity index is 2.08. The summed E-state index contributed by atoms with van der Waals surface area (Å²) in [4.78, 5) is 10.8. The van der Waals surface area contributed by atoms with Crippen LogP contribution in [0.5, 0.6) is 5.75 Å². The molecule has 0 aliphatic rings. The molecule has 5 heteroatoms. The zero-order chi connectivity index (χ0) is 14.5. The van der Waals surface area contributed by atoms with Crippen LogP contribution in [-0.4, -0.2) is 18.2 Å². The Kier molecular flexibility index (Phi) is 4.63. The molecule has 0 fully saturated rings. The molecule has 4 nitrogen and oxygen atoms in total. The summed E-state index contributed by atoms with van der Waals surface area (Å²) in [5.74, 6) is -0.118. The van der Waals surface area contributed by atoms with Crippen molar-refractivity contribution in [2.45, 2.75) is 6.54 Å². The quantitative estimate of drug-likeness (QED) is 0.873. The summed E-state index contributed by atoms with van der Waals surface area (Å²) < 4.78 is 6.28. The van der Waals surface area contributed by atoms with Crippen molar-refractivity contribution in [3.8, 4) is 5.75 Å². The van der Waals surface area contributed by atoms with Crippen LogP contribution in [0.4, 0.5) is 5.69 Å². The molecule has 20 heavy (non-hydrogen) atoms. The highest BCUT2D eigenvalue weighted by atomic mass is 79.9. The van der Waals surface area contributed by atoms with Gasteiger partial charge in [-0.3, -0.25) is 0 Å². The van der Waals surface area contributed by atoms with Gasteiger partial charge in [0, 0.05) is 22.3 Å². The number of anilines is 1. The van der Waals surface area contributed by atoms with E-state index in [1.165, 1.54) is 0 Å². The fourth-order valence-electron chi connectivity index (χ4n) is 1.81. The van der Waals surface area contributed by atoms with Gasteiger partial charge in [-0.05, 0) is 42.5 Å². The summed E-state index contributed by atoms with van der Waals surface area (Å²) in [6, 6.07) is 12.4. The lowest BCUT2D eigenvalue weighted by Gasteiger charge is -2.11. The number of halogens is 1. The number of methoxy groups -OCH3 is 1. The molecule has 104 valence electrons. The smallest absolute Gasteiger partial charge is 0.335 e. The van der Waals surface area contributed by atoms with E-state index in [9.17, 15) is 4.79 Å². The van der Waals surface area contributed by atoms with Gasteiger partial charge in [0.05, 0.1) is 12.7 Å². The minimum absolute atomic E-state index is 0.274. The van der Waals surface area contributed by atoms with Crippen LogP contribution in [0.2, 0.25) is 0 Å². The van der Waals surface area contributed by atoms with Gasteiger partial charge in [0.15, 0.2) is 0 Å². The van der Waals surface area contributed by atoms with E-state index in [2.05, 4.69) is 21.2 Å². The summed E-state index contributed by atoms with van der Waals surface area (Å²) in [5, 5.41) is 12.1. The van der Waals surface area contributed by atoms with Gasteiger partial charge in [-0.25, -0.2) is 4.79 Å². The maximum Gasteiger partial charge on any atom is 0.335 e. The molecule has 0 saturated heterocycles. The van der Waals surface area contributed by atoms with Gasteiger partial charge in [0.1, 0.15) is 5.75 Å². The standard InChI is InChI=1S/C15H14BrNO3/c1-20-14-7-4-12(16)8-11(14)9-17-13-5-2-10(3-6-13)15(18)19/h2-8,17H,9H2,1H3,(H,18,19). The van der Waals surface area contributed by atoms with Crippen LogP contribution >= 0.6 is 15.9 Å². The van der Waals surface area contributed by atoms with Crippen LogP contribution in [-0.2, 0) is 6.54 Å². The number of ether oxygens (including phenoxy) is 1. The van der Waals surface area contributed by atoms with E-state index < -0.39 is 5.97 Å². The SMILES string of the molecule is COc1ccc(Br)cc1CNc1ccc(C(=O)O)cc1. The second-order valence-corrected chi connectivity index (χ2v) is 5.11. The summed E-state index contributed by atoms with van der Waals surface area (Å²) in [6.45, 7) is 0.592. The third-order valence-corrected chi connectivity index (χ3v) is 3.35. The van der Waals surface area contributed by atoms with Crippen molar-refractivity contribution in [1.29, 1.82) is 0 Å². The summed E-state index contributed by atoms with van der Waals surface area (Å²) in [6.07, 6.45) is 0. The van der Waals surface area contributed by atoms with Crippen molar-refractivity contribution in [1.82, 2.24) is 0 Å². The van der Waals surface area contributed by atoms with Gasteiger partial charge < -0.3 is 15.2 Å². The predicted octanol–water partition coefficient (Wildman–Crippen LogP) is 3.77. The molecule has 0 amide bonds. The first-order valence-electron chi connectivity index (χ1n) is 6.00. The number of carboxylic acid groups (broad SMARTS) is 1. The molecule has 0 atom stereocenters.